The van der Waals surface area contributed by atoms with Crippen LogP contribution in [0, 0.1) is 6.92 Å². The number of thioether (sulfide) groups is 1. The first-order chi connectivity index (χ1) is 10.0. The standard InChI is InChI=1S/C16H21NO3S/c1-11-3-5-13(6-4-11)9-21-10-15(18)20-12(2)16(19)17-14-7-8-14/h3-6,12,14H,7-10H2,1-2H3,(H,17,19)/t12-/m1/s1. The molecular weight excluding hydrogens is 286 g/mol. The van der Waals surface area contributed by atoms with Gasteiger partial charge >= 0.3 is 5.97 Å². The van der Waals surface area contributed by atoms with E-state index in [1.807, 2.05) is 6.92 Å². The van der Waals surface area contributed by atoms with Crippen molar-refractivity contribution in [1.29, 1.82) is 0 Å². The van der Waals surface area contributed by atoms with Crippen LogP contribution in [-0.4, -0.2) is 29.8 Å². The molecule has 1 aliphatic carbocycles. The van der Waals surface area contributed by atoms with Crippen molar-refractivity contribution in [2.45, 2.75) is 44.6 Å². The Morgan fingerprint density at radius 2 is 2.00 bits per heavy atom. The van der Waals surface area contributed by atoms with Gasteiger partial charge in [0.25, 0.3) is 5.91 Å². The molecule has 0 aliphatic heterocycles. The topological polar surface area (TPSA) is 55.4 Å². The Balaban J connectivity index is 1.64. The van der Waals surface area contributed by atoms with E-state index in [1.165, 1.54) is 22.9 Å². The number of hydrogen-bond acceptors (Lipinski definition) is 4. The summed E-state index contributed by atoms with van der Waals surface area (Å²) in [5.41, 5.74) is 2.40. The van der Waals surface area contributed by atoms with Crippen LogP contribution in [0.4, 0.5) is 0 Å². The molecule has 0 unspecified atom stereocenters. The average molecular weight is 307 g/mol. The van der Waals surface area contributed by atoms with E-state index in [0.29, 0.717) is 0 Å². The lowest BCUT2D eigenvalue weighted by Gasteiger charge is -2.13. The highest BCUT2D eigenvalue weighted by atomic mass is 32.2. The molecule has 1 aromatic rings. The number of ether oxygens (including phenoxy) is 1. The Hall–Kier alpha value is -1.49. The molecule has 4 nitrogen and oxygen atoms in total. The van der Waals surface area contributed by atoms with E-state index in [1.54, 1.807) is 6.92 Å². The van der Waals surface area contributed by atoms with E-state index < -0.39 is 6.10 Å². The van der Waals surface area contributed by atoms with Crippen LogP contribution in [0.15, 0.2) is 24.3 Å². The number of benzene rings is 1. The Kier molecular flexibility index (Phi) is 5.67. The molecule has 0 aromatic heterocycles. The molecule has 1 N–H and O–H groups in total. The van der Waals surface area contributed by atoms with Gasteiger partial charge in [0.05, 0.1) is 5.75 Å². The van der Waals surface area contributed by atoms with Gasteiger partial charge in [0.2, 0.25) is 0 Å². The van der Waals surface area contributed by atoms with Crippen LogP contribution in [-0.2, 0) is 20.1 Å². The van der Waals surface area contributed by atoms with Gasteiger partial charge in [0, 0.05) is 11.8 Å². The zero-order chi connectivity index (χ0) is 15.2. The van der Waals surface area contributed by atoms with Gasteiger partial charge in [0.1, 0.15) is 0 Å². The van der Waals surface area contributed by atoms with Gasteiger partial charge in [-0.05, 0) is 32.3 Å². The van der Waals surface area contributed by atoms with Crippen LogP contribution in [0.5, 0.6) is 0 Å². The summed E-state index contributed by atoms with van der Waals surface area (Å²) >= 11 is 1.49. The molecule has 0 spiro atoms. The number of nitrogens with one attached hydrogen (secondary N) is 1. The van der Waals surface area contributed by atoms with Gasteiger partial charge in [-0.3, -0.25) is 9.59 Å². The molecule has 1 aliphatic rings. The third-order valence-corrected chi connectivity index (χ3v) is 4.19. The van der Waals surface area contributed by atoms with Crippen molar-refractivity contribution in [2.24, 2.45) is 0 Å². The summed E-state index contributed by atoms with van der Waals surface area (Å²) in [6.07, 6.45) is 1.34. The zero-order valence-corrected chi connectivity index (χ0v) is 13.2. The minimum Gasteiger partial charge on any atom is -0.452 e. The van der Waals surface area contributed by atoms with Gasteiger partial charge in [-0.15, -0.1) is 11.8 Å². The minimum absolute atomic E-state index is 0.200. The number of rotatable bonds is 7. The van der Waals surface area contributed by atoms with Gasteiger partial charge < -0.3 is 10.1 Å². The van der Waals surface area contributed by atoms with Gasteiger partial charge in [-0.25, -0.2) is 0 Å². The smallest absolute Gasteiger partial charge is 0.316 e. The normalized spacial score (nSPS) is 15.3. The van der Waals surface area contributed by atoms with Crippen LogP contribution >= 0.6 is 11.8 Å². The number of amides is 1. The first-order valence-corrected chi connectivity index (χ1v) is 8.33. The summed E-state index contributed by atoms with van der Waals surface area (Å²) in [6, 6.07) is 8.50. The lowest BCUT2D eigenvalue weighted by Crippen LogP contribution is -2.37. The predicted molar refractivity (Wildman–Crippen MR) is 84.1 cm³/mol. The Morgan fingerprint density at radius 3 is 2.62 bits per heavy atom. The van der Waals surface area contributed by atoms with E-state index in [9.17, 15) is 9.59 Å². The van der Waals surface area contributed by atoms with E-state index in [2.05, 4.69) is 29.6 Å². The number of esters is 1. The van der Waals surface area contributed by atoms with Crippen molar-refractivity contribution < 1.29 is 14.3 Å². The molecule has 0 radical (unpaired) electrons. The van der Waals surface area contributed by atoms with Crippen molar-refractivity contribution in [3.63, 3.8) is 0 Å². The zero-order valence-electron chi connectivity index (χ0n) is 12.4. The number of carbonyl (C=O) groups is 2. The molecule has 1 fully saturated rings. The fourth-order valence-corrected chi connectivity index (χ4v) is 2.53. The largest absolute Gasteiger partial charge is 0.452 e. The summed E-state index contributed by atoms with van der Waals surface area (Å²) in [4.78, 5) is 23.3. The number of aryl methyl sites for hydroxylation is 1. The van der Waals surface area contributed by atoms with Crippen LogP contribution < -0.4 is 5.32 Å². The molecule has 114 valence electrons. The molecule has 1 amide bonds. The first-order valence-electron chi connectivity index (χ1n) is 7.18. The van der Waals surface area contributed by atoms with Crippen molar-refractivity contribution in [3.05, 3.63) is 35.4 Å². The fraction of sp³-hybridized carbons (Fsp3) is 0.500. The molecule has 5 heteroatoms. The molecule has 21 heavy (non-hydrogen) atoms. The Bertz CT molecular complexity index is 497. The third kappa shape index (κ3) is 5.79. The van der Waals surface area contributed by atoms with E-state index in [0.717, 1.165) is 18.6 Å². The second kappa shape index (κ2) is 7.50. The van der Waals surface area contributed by atoms with Crippen molar-refractivity contribution >= 4 is 23.6 Å². The molecule has 0 bridgehead atoms. The van der Waals surface area contributed by atoms with Crippen LogP contribution in [0.25, 0.3) is 0 Å². The van der Waals surface area contributed by atoms with Crippen LogP contribution in [0.2, 0.25) is 0 Å². The van der Waals surface area contributed by atoms with Crippen LogP contribution in [0.3, 0.4) is 0 Å². The van der Waals surface area contributed by atoms with Crippen LogP contribution in [0.1, 0.15) is 30.9 Å². The second-order valence-corrected chi connectivity index (χ2v) is 6.38. The highest BCUT2D eigenvalue weighted by molar-refractivity contribution is 7.99. The molecule has 1 saturated carbocycles. The van der Waals surface area contributed by atoms with E-state index in [-0.39, 0.29) is 23.7 Å². The van der Waals surface area contributed by atoms with Crippen molar-refractivity contribution in [2.75, 3.05) is 5.75 Å². The van der Waals surface area contributed by atoms with Crippen molar-refractivity contribution in [1.82, 2.24) is 5.32 Å². The third-order valence-electron chi connectivity index (χ3n) is 3.21. The highest BCUT2D eigenvalue weighted by Crippen LogP contribution is 2.19. The summed E-state index contributed by atoms with van der Waals surface area (Å²) in [7, 11) is 0. The lowest BCUT2D eigenvalue weighted by atomic mass is 10.2. The SMILES string of the molecule is Cc1ccc(CSCC(=O)O[C@H](C)C(=O)NC2CC2)cc1. The minimum atomic E-state index is -0.710. The lowest BCUT2D eigenvalue weighted by molar-refractivity contribution is -0.152. The monoisotopic (exact) mass is 307 g/mol. The summed E-state index contributed by atoms with van der Waals surface area (Å²) in [6.45, 7) is 3.66. The Labute approximate surface area is 129 Å². The first kappa shape index (κ1) is 15.9. The summed E-state index contributed by atoms with van der Waals surface area (Å²) in [5.74, 6) is 0.479. The number of carbonyl (C=O) groups excluding carboxylic acids is 2. The molecule has 0 heterocycles. The average Bonchev–Trinajstić information content (AvgIpc) is 3.25. The van der Waals surface area contributed by atoms with Crippen molar-refractivity contribution in [3.8, 4) is 0 Å². The quantitative estimate of drug-likeness (QED) is 0.786. The Morgan fingerprint density at radius 1 is 1.33 bits per heavy atom. The highest BCUT2D eigenvalue weighted by Gasteiger charge is 2.27. The second-order valence-electron chi connectivity index (χ2n) is 5.39. The molecule has 1 aromatic carbocycles. The van der Waals surface area contributed by atoms with Gasteiger partial charge in [-0.2, -0.15) is 0 Å². The molecule has 1 atom stereocenters. The summed E-state index contributed by atoms with van der Waals surface area (Å²) < 4.78 is 5.13. The van der Waals surface area contributed by atoms with E-state index in [4.69, 9.17) is 4.74 Å². The maximum atomic E-state index is 11.7. The predicted octanol–water partition coefficient (Wildman–Crippen LogP) is 2.44. The van der Waals surface area contributed by atoms with Gasteiger partial charge in [0.15, 0.2) is 6.10 Å². The summed E-state index contributed by atoms with van der Waals surface area (Å²) in [5, 5.41) is 2.82. The number of hydrogen-bond donors (Lipinski definition) is 1. The maximum Gasteiger partial charge on any atom is 0.316 e. The van der Waals surface area contributed by atoms with E-state index >= 15 is 0 Å². The maximum absolute atomic E-state index is 11.7. The fourth-order valence-electron chi connectivity index (χ4n) is 1.77. The molecular formula is C16H21NO3S. The molecule has 2 rings (SSSR count). The molecule has 0 saturated heterocycles. The van der Waals surface area contributed by atoms with Gasteiger partial charge in [-0.1, -0.05) is 29.8 Å².